The number of hydrogen-bond acceptors (Lipinski definition) is 4. The van der Waals surface area contributed by atoms with Gasteiger partial charge in [-0.05, 0) is 12.1 Å². The van der Waals surface area contributed by atoms with Gasteiger partial charge in [0.15, 0.2) is 5.17 Å². The quantitative estimate of drug-likeness (QED) is 0.917. The average molecular weight is 272 g/mol. The summed E-state index contributed by atoms with van der Waals surface area (Å²) < 4.78 is 28.7. The zero-order valence-corrected chi connectivity index (χ0v) is 10.0. The van der Waals surface area contributed by atoms with Crippen molar-refractivity contribution in [2.75, 3.05) is 12.3 Å². The monoisotopic (exact) mass is 272 g/mol. The van der Waals surface area contributed by atoms with Crippen LogP contribution in [0.5, 0.6) is 5.75 Å². The molecule has 2 rings (SSSR count). The second-order valence-corrected chi connectivity index (χ2v) is 4.45. The first-order valence-electron chi connectivity index (χ1n) is 5.19. The molecule has 0 radical (unpaired) electrons. The van der Waals surface area contributed by atoms with Gasteiger partial charge >= 0.3 is 6.61 Å². The highest BCUT2D eigenvalue weighted by Gasteiger charge is 2.17. The van der Waals surface area contributed by atoms with Crippen molar-refractivity contribution in [3.63, 3.8) is 0 Å². The van der Waals surface area contributed by atoms with Crippen LogP contribution < -0.4 is 10.1 Å². The Bertz CT molecular complexity index is 480. The molecule has 0 saturated carbocycles. The third kappa shape index (κ3) is 3.19. The van der Waals surface area contributed by atoms with E-state index in [0.717, 1.165) is 5.75 Å². The number of para-hydroxylation sites is 1. The van der Waals surface area contributed by atoms with Gasteiger partial charge in [0.25, 0.3) is 5.91 Å². The van der Waals surface area contributed by atoms with Gasteiger partial charge in [-0.25, -0.2) is 0 Å². The summed E-state index contributed by atoms with van der Waals surface area (Å²) in [6, 6.07) is 5.85. The first kappa shape index (κ1) is 12.8. The molecule has 96 valence electrons. The number of carbonyl (C=O) groups excluding carboxylic acids is 1. The maximum Gasteiger partial charge on any atom is 0.387 e. The van der Waals surface area contributed by atoms with Gasteiger partial charge in [0.05, 0.1) is 12.1 Å². The van der Waals surface area contributed by atoms with Crippen LogP contribution in [-0.4, -0.2) is 30.0 Å². The van der Waals surface area contributed by atoms with E-state index in [0.29, 0.717) is 11.7 Å². The van der Waals surface area contributed by atoms with Gasteiger partial charge in [-0.2, -0.15) is 8.78 Å². The molecule has 1 aromatic carbocycles. The lowest BCUT2D eigenvalue weighted by molar-refractivity contribution is -0.0501. The first-order chi connectivity index (χ1) is 8.66. The number of hydrogen-bond donors (Lipinski definition) is 1. The van der Waals surface area contributed by atoms with E-state index in [4.69, 9.17) is 0 Å². The number of nitrogens with one attached hydrogen (secondary N) is 1. The van der Waals surface area contributed by atoms with E-state index in [9.17, 15) is 13.6 Å². The minimum absolute atomic E-state index is 0.0630. The fourth-order valence-electron chi connectivity index (χ4n) is 1.43. The molecule has 18 heavy (non-hydrogen) atoms. The third-order valence-corrected chi connectivity index (χ3v) is 3.04. The Balaban J connectivity index is 2.13. The fraction of sp³-hybridized carbons (Fsp3) is 0.273. The topological polar surface area (TPSA) is 50.7 Å². The van der Waals surface area contributed by atoms with Crippen LogP contribution in [0.4, 0.5) is 8.78 Å². The molecule has 0 spiro atoms. The van der Waals surface area contributed by atoms with Gasteiger partial charge in [0.2, 0.25) is 0 Å². The van der Waals surface area contributed by atoms with Crippen molar-refractivity contribution in [2.45, 2.75) is 6.61 Å². The summed E-state index contributed by atoms with van der Waals surface area (Å²) in [5.74, 6) is 0.165. The number of ether oxygens (including phenoxy) is 1. The summed E-state index contributed by atoms with van der Waals surface area (Å²) in [5.41, 5.74) is 0.0630. The van der Waals surface area contributed by atoms with E-state index in [2.05, 4.69) is 15.0 Å². The predicted octanol–water partition coefficient (Wildman–Crippen LogP) is 2.12. The van der Waals surface area contributed by atoms with E-state index < -0.39 is 12.5 Å². The average Bonchev–Trinajstić information content (AvgIpc) is 2.81. The Labute approximate surface area is 106 Å². The Kier molecular flexibility index (Phi) is 4.14. The smallest absolute Gasteiger partial charge is 0.387 e. The molecule has 0 saturated heterocycles. The molecular weight excluding hydrogens is 262 g/mol. The lowest BCUT2D eigenvalue weighted by Crippen LogP contribution is -2.28. The number of amides is 1. The maximum atomic E-state index is 12.2. The highest BCUT2D eigenvalue weighted by molar-refractivity contribution is 8.14. The van der Waals surface area contributed by atoms with Gasteiger partial charge in [-0.3, -0.25) is 9.79 Å². The first-order valence-corrected chi connectivity index (χ1v) is 6.18. The van der Waals surface area contributed by atoms with Crippen molar-refractivity contribution < 1.29 is 18.3 Å². The molecule has 4 nitrogen and oxygen atoms in total. The van der Waals surface area contributed by atoms with Gasteiger partial charge in [0.1, 0.15) is 5.75 Å². The van der Waals surface area contributed by atoms with Crippen molar-refractivity contribution in [3.8, 4) is 5.75 Å². The SMILES string of the molecule is O=C(NC1=NCCS1)c1ccccc1OC(F)F. The summed E-state index contributed by atoms with van der Waals surface area (Å²) in [4.78, 5) is 15.9. The minimum atomic E-state index is -2.96. The number of thioether (sulfide) groups is 1. The number of alkyl halides is 2. The molecule has 7 heteroatoms. The Morgan fingerprint density at radius 3 is 2.89 bits per heavy atom. The van der Waals surface area contributed by atoms with Crippen molar-refractivity contribution in [1.29, 1.82) is 0 Å². The summed E-state index contributed by atoms with van der Waals surface area (Å²) in [6.07, 6.45) is 0. The minimum Gasteiger partial charge on any atom is -0.434 e. The van der Waals surface area contributed by atoms with E-state index in [1.54, 1.807) is 6.07 Å². The number of aliphatic imine (C=N–C) groups is 1. The molecule has 1 aliphatic heterocycles. The molecule has 0 unspecified atom stereocenters. The number of carbonyl (C=O) groups is 1. The summed E-state index contributed by atoms with van der Waals surface area (Å²) >= 11 is 1.41. The van der Waals surface area contributed by atoms with Gasteiger partial charge in [0, 0.05) is 5.75 Å². The number of benzene rings is 1. The molecule has 0 atom stereocenters. The van der Waals surface area contributed by atoms with Crippen LogP contribution in [0.25, 0.3) is 0 Å². The Hall–Kier alpha value is -1.63. The number of halogens is 2. The normalized spacial score (nSPS) is 14.5. The van der Waals surface area contributed by atoms with E-state index in [1.165, 1.54) is 30.0 Å². The highest BCUT2D eigenvalue weighted by atomic mass is 32.2. The maximum absolute atomic E-state index is 12.2. The molecule has 1 N–H and O–H groups in total. The standard InChI is InChI=1S/C11H10F2N2O2S/c12-10(13)17-8-4-2-1-3-7(8)9(16)15-11-14-5-6-18-11/h1-4,10H,5-6H2,(H,14,15,16). The van der Waals surface area contributed by atoms with Crippen molar-refractivity contribution in [1.82, 2.24) is 5.32 Å². The second kappa shape index (κ2) is 5.81. The van der Waals surface area contributed by atoms with E-state index >= 15 is 0 Å². The summed E-state index contributed by atoms with van der Waals surface area (Å²) in [7, 11) is 0. The fourth-order valence-corrected chi connectivity index (χ4v) is 2.15. The van der Waals surface area contributed by atoms with Crippen LogP contribution in [0.2, 0.25) is 0 Å². The largest absolute Gasteiger partial charge is 0.434 e. The van der Waals surface area contributed by atoms with Crippen molar-refractivity contribution >= 4 is 22.8 Å². The third-order valence-electron chi connectivity index (χ3n) is 2.15. The Morgan fingerprint density at radius 1 is 1.44 bits per heavy atom. The molecule has 0 fully saturated rings. The van der Waals surface area contributed by atoms with Crippen molar-refractivity contribution in [2.24, 2.45) is 4.99 Å². The molecular formula is C11H10F2N2O2S. The molecule has 0 aromatic heterocycles. The van der Waals surface area contributed by atoms with Gasteiger partial charge < -0.3 is 10.1 Å². The number of nitrogens with zero attached hydrogens (tertiary/aromatic N) is 1. The van der Waals surface area contributed by atoms with Crippen LogP contribution in [0.1, 0.15) is 10.4 Å². The van der Waals surface area contributed by atoms with Crippen LogP contribution >= 0.6 is 11.8 Å². The van der Waals surface area contributed by atoms with Gasteiger partial charge in [-0.15, -0.1) is 0 Å². The lowest BCUT2D eigenvalue weighted by atomic mass is 10.2. The molecule has 1 aliphatic rings. The van der Waals surface area contributed by atoms with Crippen molar-refractivity contribution in [3.05, 3.63) is 29.8 Å². The molecule has 0 aliphatic carbocycles. The summed E-state index contributed by atoms with van der Waals surface area (Å²) in [5, 5.41) is 3.06. The highest BCUT2D eigenvalue weighted by Crippen LogP contribution is 2.20. The lowest BCUT2D eigenvalue weighted by Gasteiger charge is -2.10. The van der Waals surface area contributed by atoms with E-state index in [-0.39, 0.29) is 11.3 Å². The molecule has 1 amide bonds. The van der Waals surface area contributed by atoms with Crippen LogP contribution in [0.3, 0.4) is 0 Å². The zero-order valence-electron chi connectivity index (χ0n) is 9.23. The summed E-state index contributed by atoms with van der Waals surface area (Å²) in [6.45, 7) is -2.31. The van der Waals surface area contributed by atoms with Gasteiger partial charge in [-0.1, -0.05) is 23.9 Å². The predicted molar refractivity (Wildman–Crippen MR) is 65.3 cm³/mol. The molecule has 1 heterocycles. The molecule has 0 bridgehead atoms. The van der Waals surface area contributed by atoms with Crippen LogP contribution in [0, 0.1) is 0 Å². The second-order valence-electron chi connectivity index (χ2n) is 3.36. The zero-order chi connectivity index (χ0) is 13.0. The van der Waals surface area contributed by atoms with E-state index in [1.807, 2.05) is 0 Å². The number of amidine groups is 1. The van der Waals surface area contributed by atoms with Crippen LogP contribution in [-0.2, 0) is 0 Å². The van der Waals surface area contributed by atoms with Crippen LogP contribution in [0.15, 0.2) is 29.3 Å². The Morgan fingerprint density at radius 2 is 2.22 bits per heavy atom. The molecule has 1 aromatic rings. The number of rotatable bonds is 3.